The zero-order valence-corrected chi connectivity index (χ0v) is 11.9. The Morgan fingerprint density at radius 1 is 1.19 bits per heavy atom. The van der Waals surface area contributed by atoms with Crippen molar-refractivity contribution < 1.29 is 0 Å². The molecule has 0 saturated carbocycles. The van der Waals surface area contributed by atoms with Crippen LogP contribution in [-0.4, -0.2) is 27.6 Å². The molecular weight excluding hydrogens is 260 g/mol. The molecule has 1 aliphatic rings. The minimum Gasteiger partial charge on any atom is -0.327 e. The van der Waals surface area contributed by atoms with Crippen LogP contribution >= 0.6 is 0 Å². The van der Waals surface area contributed by atoms with Gasteiger partial charge in [-0.15, -0.1) is 0 Å². The summed E-state index contributed by atoms with van der Waals surface area (Å²) in [6.45, 7) is 2.14. The van der Waals surface area contributed by atoms with Crippen molar-refractivity contribution in [3.8, 4) is 11.1 Å². The number of fused-ring (bicyclic) bond motifs is 1. The Kier molecular flexibility index (Phi) is 3.16. The highest BCUT2D eigenvalue weighted by Gasteiger charge is 2.19. The van der Waals surface area contributed by atoms with Crippen molar-refractivity contribution in [1.82, 2.24) is 19.9 Å². The van der Waals surface area contributed by atoms with Crippen molar-refractivity contribution in [2.24, 2.45) is 0 Å². The second-order valence-corrected chi connectivity index (χ2v) is 5.58. The van der Waals surface area contributed by atoms with Crippen molar-refractivity contribution in [3.63, 3.8) is 0 Å². The number of hydrogen-bond acceptors (Lipinski definition) is 3. The highest BCUT2D eigenvalue weighted by atomic mass is 15.1. The Labute approximate surface area is 123 Å². The first-order valence-electron chi connectivity index (χ1n) is 7.50. The maximum absolute atomic E-state index is 4.53. The van der Waals surface area contributed by atoms with Crippen LogP contribution in [0.1, 0.15) is 18.9 Å². The number of nitrogens with zero attached hydrogens (tertiary/aromatic N) is 3. The van der Waals surface area contributed by atoms with E-state index in [4.69, 9.17) is 0 Å². The Balaban J connectivity index is 1.88. The second kappa shape index (κ2) is 5.30. The standard InChI is InChI=1S/C17H18N4/c1-2-5-13(6-3-1)16-11-21(14-7-4-8-18-9-14)17-15(16)10-19-12-20-17/h1-3,5-6,10-12,14,18H,4,7-9H2. The first-order valence-corrected chi connectivity index (χ1v) is 7.50. The quantitative estimate of drug-likeness (QED) is 0.783. The second-order valence-electron chi connectivity index (χ2n) is 5.58. The van der Waals surface area contributed by atoms with E-state index in [0.717, 1.165) is 24.1 Å². The fourth-order valence-corrected chi connectivity index (χ4v) is 3.19. The fraction of sp³-hybridized carbons (Fsp3) is 0.294. The highest BCUT2D eigenvalue weighted by Crippen LogP contribution is 2.32. The molecule has 0 aliphatic carbocycles. The van der Waals surface area contributed by atoms with E-state index in [-0.39, 0.29) is 0 Å². The summed E-state index contributed by atoms with van der Waals surface area (Å²) >= 11 is 0. The molecule has 1 N–H and O–H groups in total. The van der Waals surface area contributed by atoms with Crippen LogP contribution in [0.4, 0.5) is 0 Å². The van der Waals surface area contributed by atoms with Gasteiger partial charge in [-0.2, -0.15) is 0 Å². The van der Waals surface area contributed by atoms with Crippen LogP contribution in [-0.2, 0) is 0 Å². The third-order valence-electron chi connectivity index (χ3n) is 4.24. The molecule has 1 saturated heterocycles. The summed E-state index contributed by atoms with van der Waals surface area (Å²) in [6.07, 6.45) is 8.23. The maximum atomic E-state index is 4.53. The molecule has 3 heterocycles. The summed E-state index contributed by atoms with van der Waals surface area (Å²) in [6, 6.07) is 11.0. The molecule has 1 aliphatic heterocycles. The van der Waals surface area contributed by atoms with Crippen molar-refractivity contribution >= 4 is 11.0 Å². The molecule has 21 heavy (non-hydrogen) atoms. The summed E-state index contributed by atoms with van der Waals surface area (Å²) in [5, 5.41) is 4.62. The highest BCUT2D eigenvalue weighted by molar-refractivity contribution is 5.93. The minimum atomic E-state index is 0.480. The smallest absolute Gasteiger partial charge is 0.144 e. The minimum absolute atomic E-state index is 0.480. The van der Waals surface area contributed by atoms with Crippen LogP contribution in [0.15, 0.2) is 49.1 Å². The van der Waals surface area contributed by atoms with Crippen LogP contribution in [0.5, 0.6) is 0 Å². The molecular formula is C17H18N4. The molecule has 4 nitrogen and oxygen atoms in total. The Morgan fingerprint density at radius 2 is 2.10 bits per heavy atom. The lowest BCUT2D eigenvalue weighted by Crippen LogP contribution is -2.31. The molecule has 4 rings (SSSR count). The van der Waals surface area contributed by atoms with Crippen LogP contribution in [0.25, 0.3) is 22.2 Å². The Bertz CT molecular complexity index is 742. The van der Waals surface area contributed by atoms with Gasteiger partial charge in [-0.3, -0.25) is 0 Å². The molecule has 0 amide bonds. The Hall–Kier alpha value is -2.20. The van der Waals surface area contributed by atoms with E-state index in [1.54, 1.807) is 6.33 Å². The molecule has 0 radical (unpaired) electrons. The van der Waals surface area contributed by atoms with Crippen molar-refractivity contribution in [2.45, 2.75) is 18.9 Å². The van der Waals surface area contributed by atoms with Gasteiger partial charge in [0.25, 0.3) is 0 Å². The zero-order valence-electron chi connectivity index (χ0n) is 11.9. The summed E-state index contributed by atoms with van der Waals surface area (Å²) in [7, 11) is 0. The average Bonchev–Trinajstić information content (AvgIpc) is 2.96. The number of aromatic nitrogens is 3. The SMILES string of the molecule is c1ccc(-c2cn(C3CCCNC3)c3ncncc23)cc1. The van der Waals surface area contributed by atoms with Gasteiger partial charge in [0, 0.05) is 35.9 Å². The number of rotatable bonds is 2. The average molecular weight is 278 g/mol. The third-order valence-corrected chi connectivity index (χ3v) is 4.24. The first kappa shape index (κ1) is 12.5. The molecule has 3 aromatic rings. The van der Waals surface area contributed by atoms with Gasteiger partial charge in [0.2, 0.25) is 0 Å². The molecule has 1 atom stereocenters. The molecule has 4 heteroatoms. The summed E-state index contributed by atoms with van der Waals surface area (Å²) in [5.41, 5.74) is 3.48. The van der Waals surface area contributed by atoms with Crippen molar-refractivity contribution in [2.75, 3.05) is 13.1 Å². The van der Waals surface area contributed by atoms with Crippen LogP contribution in [0.2, 0.25) is 0 Å². The number of hydrogen-bond donors (Lipinski definition) is 1. The molecule has 1 aromatic carbocycles. The van der Waals surface area contributed by atoms with Gasteiger partial charge in [-0.25, -0.2) is 9.97 Å². The third kappa shape index (κ3) is 2.21. The van der Waals surface area contributed by atoms with Gasteiger partial charge in [-0.1, -0.05) is 30.3 Å². The summed E-state index contributed by atoms with van der Waals surface area (Å²) < 4.78 is 2.32. The molecule has 1 unspecified atom stereocenters. The Morgan fingerprint density at radius 3 is 2.90 bits per heavy atom. The van der Waals surface area contributed by atoms with Gasteiger partial charge in [0.1, 0.15) is 12.0 Å². The molecule has 2 aromatic heterocycles. The predicted octanol–water partition coefficient (Wildman–Crippen LogP) is 3.02. The van der Waals surface area contributed by atoms with E-state index >= 15 is 0 Å². The van der Waals surface area contributed by atoms with E-state index in [2.05, 4.69) is 50.3 Å². The molecule has 1 fully saturated rings. The lowest BCUT2D eigenvalue weighted by Gasteiger charge is -2.24. The van der Waals surface area contributed by atoms with Gasteiger partial charge < -0.3 is 9.88 Å². The molecule has 106 valence electrons. The van der Waals surface area contributed by atoms with Gasteiger partial charge in [0.15, 0.2) is 0 Å². The summed E-state index contributed by atoms with van der Waals surface area (Å²) in [5.74, 6) is 0. The van der Waals surface area contributed by atoms with E-state index in [1.807, 2.05) is 12.3 Å². The maximum Gasteiger partial charge on any atom is 0.144 e. The first-order chi connectivity index (χ1) is 10.4. The molecule has 0 spiro atoms. The number of benzene rings is 1. The van der Waals surface area contributed by atoms with E-state index in [0.29, 0.717) is 6.04 Å². The van der Waals surface area contributed by atoms with Crippen LogP contribution in [0, 0.1) is 0 Å². The van der Waals surface area contributed by atoms with Crippen molar-refractivity contribution in [1.29, 1.82) is 0 Å². The fourth-order valence-electron chi connectivity index (χ4n) is 3.19. The van der Waals surface area contributed by atoms with Gasteiger partial charge in [0.05, 0.1) is 0 Å². The molecule has 0 bridgehead atoms. The lowest BCUT2D eigenvalue weighted by molar-refractivity contribution is 0.378. The summed E-state index contributed by atoms with van der Waals surface area (Å²) in [4.78, 5) is 8.74. The van der Waals surface area contributed by atoms with Crippen molar-refractivity contribution in [3.05, 3.63) is 49.1 Å². The lowest BCUT2D eigenvalue weighted by atomic mass is 10.1. The predicted molar refractivity (Wildman–Crippen MR) is 84.1 cm³/mol. The number of nitrogens with one attached hydrogen (secondary N) is 1. The monoisotopic (exact) mass is 278 g/mol. The van der Waals surface area contributed by atoms with E-state index in [9.17, 15) is 0 Å². The largest absolute Gasteiger partial charge is 0.327 e. The normalized spacial score (nSPS) is 19.0. The van der Waals surface area contributed by atoms with E-state index in [1.165, 1.54) is 24.0 Å². The van der Waals surface area contributed by atoms with Gasteiger partial charge in [-0.05, 0) is 24.9 Å². The van der Waals surface area contributed by atoms with Crippen LogP contribution in [0.3, 0.4) is 0 Å². The van der Waals surface area contributed by atoms with Crippen LogP contribution < -0.4 is 5.32 Å². The van der Waals surface area contributed by atoms with E-state index < -0.39 is 0 Å². The zero-order chi connectivity index (χ0) is 14.1. The topological polar surface area (TPSA) is 42.7 Å². The van der Waals surface area contributed by atoms with Gasteiger partial charge >= 0.3 is 0 Å². The number of piperidine rings is 1.